The number of nitrogens with one attached hydrogen (secondary N) is 1. The van der Waals surface area contributed by atoms with Gasteiger partial charge in [-0.1, -0.05) is 0 Å². The van der Waals surface area contributed by atoms with E-state index >= 15 is 0 Å². The fourth-order valence-electron chi connectivity index (χ4n) is 3.23. The smallest absolute Gasteiger partial charge is 0.274 e. The molecule has 1 fully saturated rings. The molecular weight excluding hydrogens is 342 g/mol. The van der Waals surface area contributed by atoms with E-state index in [9.17, 15) is 8.42 Å². The molecule has 1 aromatic carbocycles. The highest BCUT2D eigenvalue weighted by atomic mass is 32.2. The zero-order valence-electron chi connectivity index (χ0n) is 14.2. The molecule has 8 heteroatoms. The Bertz CT molecular complexity index is 853. The normalized spacial score (nSPS) is 17.6. The van der Waals surface area contributed by atoms with Crippen molar-refractivity contribution in [2.45, 2.75) is 23.8 Å². The van der Waals surface area contributed by atoms with Crippen molar-refractivity contribution in [1.82, 2.24) is 0 Å². The molecule has 1 aromatic heterocycles. The van der Waals surface area contributed by atoms with Crippen LogP contribution in [0.1, 0.15) is 24.4 Å². The van der Waals surface area contributed by atoms with Gasteiger partial charge < -0.3 is 9.47 Å². The Balaban J connectivity index is 1.93. The first-order valence-corrected chi connectivity index (χ1v) is 9.52. The number of methoxy groups -OCH3 is 2. The maximum Gasteiger partial charge on any atom is 0.274 e. The van der Waals surface area contributed by atoms with Gasteiger partial charge in [-0.3, -0.25) is 4.90 Å². The number of primary sulfonamides is 1. The zero-order chi connectivity index (χ0) is 18.0. The van der Waals surface area contributed by atoms with Crippen molar-refractivity contribution in [2.75, 3.05) is 25.7 Å². The zero-order valence-corrected chi connectivity index (χ0v) is 15.0. The molecule has 3 rings (SSSR count). The summed E-state index contributed by atoms with van der Waals surface area (Å²) in [6.07, 6.45) is 3.43. The number of H-pyrrole nitrogens is 1. The van der Waals surface area contributed by atoms with Crippen LogP contribution in [-0.4, -0.2) is 29.2 Å². The van der Waals surface area contributed by atoms with Crippen molar-refractivity contribution in [2.24, 2.45) is 5.14 Å². The van der Waals surface area contributed by atoms with Gasteiger partial charge in [0, 0.05) is 17.7 Å². The van der Waals surface area contributed by atoms with E-state index in [1.807, 2.05) is 18.2 Å². The molecule has 0 saturated carbocycles. The molecule has 2 aromatic rings. The lowest BCUT2D eigenvalue weighted by Gasteiger charge is -2.21. The second-order valence-corrected chi connectivity index (χ2v) is 7.48. The van der Waals surface area contributed by atoms with E-state index in [2.05, 4.69) is 9.88 Å². The lowest BCUT2D eigenvalue weighted by molar-refractivity contribution is -0.367. The average molecular weight is 364 g/mol. The van der Waals surface area contributed by atoms with Crippen molar-refractivity contribution < 1.29 is 22.9 Å². The van der Waals surface area contributed by atoms with Crippen LogP contribution in [0.3, 0.4) is 0 Å². The first kappa shape index (κ1) is 17.5. The van der Waals surface area contributed by atoms with E-state index in [1.165, 1.54) is 12.3 Å². The highest BCUT2D eigenvalue weighted by molar-refractivity contribution is 7.89. The second-order valence-electron chi connectivity index (χ2n) is 5.91. The summed E-state index contributed by atoms with van der Waals surface area (Å²) in [4.78, 5) is 5.32. The van der Waals surface area contributed by atoms with Crippen LogP contribution in [0.5, 0.6) is 11.5 Å². The van der Waals surface area contributed by atoms with Gasteiger partial charge in [0.05, 0.1) is 20.8 Å². The van der Waals surface area contributed by atoms with Crippen LogP contribution in [-0.2, 0) is 10.0 Å². The Kier molecular flexibility index (Phi) is 4.82. The molecule has 25 heavy (non-hydrogen) atoms. The number of aromatic nitrogens is 1. The molecular formula is C17H22N3O4S+. The van der Waals surface area contributed by atoms with E-state index in [4.69, 9.17) is 14.6 Å². The largest absolute Gasteiger partial charge is 0.497 e. The molecule has 0 radical (unpaired) electrons. The molecule has 134 valence electrons. The number of anilines is 1. The number of aromatic amines is 1. The molecule has 7 nitrogen and oxygen atoms in total. The first-order valence-electron chi connectivity index (χ1n) is 7.97. The lowest BCUT2D eigenvalue weighted by atomic mass is 10.0. The number of hydrogen-bond acceptors (Lipinski definition) is 5. The molecule has 1 aliphatic heterocycles. The predicted molar refractivity (Wildman–Crippen MR) is 93.2 cm³/mol. The third-order valence-corrected chi connectivity index (χ3v) is 5.37. The second kappa shape index (κ2) is 6.89. The standard InChI is InChI=1S/C17H21N3O4S/c1-23-12-5-7-14(16(10-12)24-2)15-4-3-9-20(15)17-8-6-13(11-19-17)25(18,21)22/h5-8,10-11,15H,3-4,9H2,1-2H3,(H2,18,21,22)/p+1/t15-/m0/s1. The average Bonchev–Trinajstić information content (AvgIpc) is 3.10. The Labute approximate surface area is 147 Å². The summed E-state index contributed by atoms with van der Waals surface area (Å²) < 4.78 is 33.6. The van der Waals surface area contributed by atoms with Crippen LogP contribution in [0.2, 0.25) is 0 Å². The molecule has 2 heterocycles. The fourth-order valence-corrected chi connectivity index (χ4v) is 3.71. The molecule has 3 N–H and O–H groups in total. The molecule has 0 unspecified atom stereocenters. The van der Waals surface area contributed by atoms with Crippen molar-refractivity contribution in [3.63, 3.8) is 0 Å². The van der Waals surface area contributed by atoms with Crippen molar-refractivity contribution in [1.29, 1.82) is 0 Å². The molecule has 0 spiro atoms. The maximum absolute atomic E-state index is 11.4. The lowest BCUT2D eigenvalue weighted by Crippen LogP contribution is -2.29. The predicted octanol–water partition coefficient (Wildman–Crippen LogP) is 1.51. The minimum Gasteiger partial charge on any atom is -0.497 e. The fraction of sp³-hybridized carbons (Fsp3) is 0.353. The summed E-state index contributed by atoms with van der Waals surface area (Å²) in [5.74, 6) is 2.36. The summed E-state index contributed by atoms with van der Waals surface area (Å²) in [6.45, 7) is 0.866. The summed E-state index contributed by atoms with van der Waals surface area (Å²) in [7, 11) is -0.444. The van der Waals surface area contributed by atoms with E-state index in [0.717, 1.165) is 42.3 Å². The van der Waals surface area contributed by atoms with E-state index in [1.54, 1.807) is 20.3 Å². The number of pyridine rings is 1. The van der Waals surface area contributed by atoms with Gasteiger partial charge in [0.2, 0.25) is 10.0 Å². The number of rotatable bonds is 5. The van der Waals surface area contributed by atoms with Crippen LogP contribution in [0, 0.1) is 0 Å². The Hall–Kier alpha value is -2.32. The highest BCUT2D eigenvalue weighted by Gasteiger charge is 2.35. The van der Waals surface area contributed by atoms with Gasteiger partial charge >= 0.3 is 0 Å². The summed E-state index contributed by atoms with van der Waals surface area (Å²) in [6, 6.07) is 9.20. The number of sulfonamides is 1. The van der Waals surface area contributed by atoms with Crippen LogP contribution < -0.4 is 24.5 Å². The highest BCUT2D eigenvalue weighted by Crippen LogP contribution is 2.40. The third-order valence-electron chi connectivity index (χ3n) is 4.46. The molecule has 1 saturated heterocycles. The Morgan fingerprint density at radius 1 is 1.20 bits per heavy atom. The third kappa shape index (κ3) is 3.54. The van der Waals surface area contributed by atoms with Gasteiger partial charge in [0.25, 0.3) is 5.82 Å². The first-order chi connectivity index (χ1) is 11.9. The monoisotopic (exact) mass is 364 g/mol. The molecule has 0 aliphatic carbocycles. The van der Waals surface area contributed by atoms with Crippen molar-refractivity contribution >= 4 is 15.8 Å². The molecule has 0 amide bonds. The van der Waals surface area contributed by atoms with Gasteiger partial charge in [-0.15, -0.1) is 0 Å². The number of ether oxygens (including phenoxy) is 2. The van der Waals surface area contributed by atoms with Gasteiger partial charge in [0.15, 0.2) is 0 Å². The summed E-state index contributed by atoms with van der Waals surface area (Å²) in [5, 5.41) is 5.15. The SMILES string of the molecule is COc1ccc([C@@H]2CCCN2c2ccc(S(N)(=O)=O)c[nH+]2)c(OC)c1. The number of hydrogen-bond donors (Lipinski definition) is 1. The van der Waals surface area contributed by atoms with Gasteiger partial charge in [0.1, 0.15) is 28.6 Å². The Morgan fingerprint density at radius 3 is 2.60 bits per heavy atom. The minimum absolute atomic E-state index is 0.0639. The van der Waals surface area contributed by atoms with Crippen molar-refractivity contribution in [3.05, 3.63) is 42.1 Å². The van der Waals surface area contributed by atoms with Crippen molar-refractivity contribution in [3.8, 4) is 11.5 Å². The molecule has 0 bridgehead atoms. The van der Waals surface area contributed by atoms with Crippen LogP contribution >= 0.6 is 0 Å². The van der Waals surface area contributed by atoms with E-state index < -0.39 is 10.0 Å². The molecule has 1 aliphatic rings. The summed E-state index contributed by atoms with van der Waals surface area (Å²) in [5.41, 5.74) is 1.07. The molecule has 1 atom stereocenters. The quantitative estimate of drug-likeness (QED) is 0.867. The van der Waals surface area contributed by atoms with Crippen LogP contribution in [0.25, 0.3) is 0 Å². The number of benzene rings is 1. The van der Waals surface area contributed by atoms with Crippen LogP contribution in [0.15, 0.2) is 41.4 Å². The minimum atomic E-state index is -3.71. The van der Waals surface area contributed by atoms with Gasteiger partial charge in [-0.2, -0.15) is 0 Å². The van der Waals surface area contributed by atoms with Gasteiger partial charge in [-0.25, -0.2) is 18.5 Å². The number of nitrogens with zero attached hydrogens (tertiary/aromatic N) is 1. The number of nitrogens with two attached hydrogens (primary N) is 1. The van der Waals surface area contributed by atoms with Gasteiger partial charge in [-0.05, 0) is 31.0 Å². The van der Waals surface area contributed by atoms with E-state index in [-0.39, 0.29) is 10.9 Å². The van der Waals surface area contributed by atoms with E-state index in [0.29, 0.717) is 0 Å². The summed E-state index contributed by atoms with van der Waals surface area (Å²) >= 11 is 0. The maximum atomic E-state index is 11.4. The topological polar surface area (TPSA) is 96.0 Å². The Morgan fingerprint density at radius 2 is 2.00 bits per heavy atom. The van der Waals surface area contributed by atoms with Crippen LogP contribution in [0.4, 0.5) is 5.82 Å².